The summed E-state index contributed by atoms with van der Waals surface area (Å²) in [5.41, 5.74) is 0.532. The van der Waals surface area contributed by atoms with Crippen LogP contribution in [0.25, 0.3) is 0 Å². The van der Waals surface area contributed by atoms with Crippen LogP contribution < -0.4 is 10.6 Å². The maximum absolute atomic E-state index is 9.06. The van der Waals surface area contributed by atoms with Crippen molar-refractivity contribution in [1.82, 2.24) is 10.6 Å². The molecular weight excluding hydrogens is 200 g/mol. The van der Waals surface area contributed by atoms with Crippen LogP contribution in [0.5, 0.6) is 0 Å². The molecule has 0 aliphatic carbocycles. The van der Waals surface area contributed by atoms with Crippen LogP contribution in [0.2, 0.25) is 0 Å². The zero-order valence-electron chi connectivity index (χ0n) is 9.41. The molecule has 0 aromatic heterocycles. The first-order valence-electron chi connectivity index (χ1n) is 4.98. The van der Waals surface area contributed by atoms with Crippen molar-refractivity contribution in [1.29, 1.82) is 10.5 Å². The van der Waals surface area contributed by atoms with E-state index in [0.29, 0.717) is 5.56 Å². The third-order valence-corrected chi connectivity index (χ3v) is 2.48. The first-order valence-corrected chi connectivity index (χ1v) is 4.98. The summed E-state index contributed by atoms with van der Waals surface area (Å²) in [6, 6.07) is 11.4. The molecule has 0 aliphatic rings. The summed E-state index contributed by atoms with van der Waals surface area (Å²) in [5, 5.41) is 23.9. The lowest BCUT2D eigenvalue weighted by Gasteiger charge is -2.18. The number of nitrogens with one attached hydrogen (secondary N) is 2. The van der Waals surface area contributed by atoms with Crippen LogP contribution in [0.3, 0.4) is 0 Å². The van der Waals surface area contributed by atoms with Crippen molar-refractivity contribution in [2.45, 2.75) is 12.1 Å². The van der Waals surface area contributed by atoms with Gasteiger partial charge in [-0.2, -0.15) is 10.5 Å². The molecule has 0 amide bonds. The van der Waals surface area contributed by atoms with Crippen molar-refractivity contribution in [3.05, 3.63) is 35.4 Å². The average Bonchev–Trinajstić information content (AvgIpc) is 2.34. The lowest BCUT2D eigenvalue weighted by Crippen LogP contribution is -2.36. The van der Waals surface area contributed by atoms with E-state index in [1.807, 2.05) is 31.3 Å². The summed E-state index contributed by atoms with van der Waals surface area (Å²) in [6.07, 6.45) is 0. The predicted molar refractivity (Wildman–Crippen MR) is 61.2 cm³/mol. The molecule has 1 aromatic carbocycles. The van der Waals surface area contributed by atoms with Crippen LogP contribution in [-0.4, -0.2) is 14.1 Å². The molecule has 0 atom stereocenters. The molecule has 0 heterocycles. The van der Waals surface area contributed by atoms with Crippen molar-refractivity contribution < 1.29 is 0 Å². The molecule has 0 spiro atoms. The van der Waals surface area contributed by atoms with Crippen LogP contribution in [-0.2, 0) is 12.1 Å². The van der Waals surface area contributed by atoms with Crippen LogP contribution in [0.15, 0.2) is 24.3 Å². The van der Waals surface area contributed by atoms with E-state index in [0.717, 1.165) is 12.1 Å². The number of hydrogen-bond donors (Lipinski definition) is 2. The van der Waals surface area contributed by atoms with Gasteiger partial charge in [0.25, 0.3) is 0 Å². The number of nitriles is 2. The van der Waals surface area contributed by atoms with Gasteiger partial charge in [0.15, 0.2) is 0 Å². The molecule has 0 bridgehead atoms. The molecule has 0 saturated carbocycles. The van der Waals surface area contributed by atoms with Gasteiger partial charge in [0.05, 0.1) is 0 Å². The number of benzene rings is 1. The molecule has 0 saturated heterocycles. The van der Waals surface area contributed by atoms with Crippen LogP contribution in [0.1, 0.15) is 11.1 Å². The SMILES string of the molecule is CNCc1ccc(C(C#N)(C#N)NC)cc1. The lowest BCUT2D eigenvalue weighted by molar-refractivity contribution is 0.594. The van der Waals surface area contributed by atoms with Gasteiger partial charge in [0.2, 0.25) is 5.54 Å². The highest BCUT2D eigenvalue weighted by molar-refractivity contribution is 5.40. The first-order chi connectivity index (χ1) is 7.72. The lowest BCUT2D eigenvalue weighted by atomic mass is 9.92. The zero-order valence-corrected chi connectivity index (χ0v) is 9.41. The van der Waals surface area contributed by atoms with E-state index in [9.17, 15) is 0 Å². The van der Waals surface area contributed by atoms with E-state index >= 15 is 0 Å². The normalized spacial score (nSPS) is 10.5. The monoisotopic (exact) mass is 214 g/mol. The highest BCUT2D eigenvalue weighted by Gasteiger charge is 2.29. The second kappa shape index (κ2) is 5.27. The van der Waals surface area contributed by atoms with Gasteiger partial charge in [0.1, 0.15) is 12.1 Å². The molecule has 4 heteroatoms. The van der Waals surface area contributed by atoms with Crippen molar-refractivity contribution in [3.8, 4) is 12.1 Å². The maximum atomic E-state index is 9.06. The Morgan fingerprint density at radius 1 is 1.12 bits per heavy atom. The summed E-state index contributed by atoms with van der Waals surface area (Å²) in [4.78, 5) is 0. The topological polar surface area (TPSA) is 71.6 Å². The fraction of sp³-hybridized carbons (Fsp3) is 0.333. The number of rotatable bonds is 4. The molecule has 0 aliphatic heterocycles. The van der Waals surface area contributed by atoms with Gasteiger partial charge in [-0.05, 0) is 19.7 Å². The highest BCUT2D eigenvalue weighted by atomic mass is 14.9. The summed E-state index contributed by atoms with van der Waals surface area (Å²) < 4.78 is 0. The third kappa shape index (κ3) is 2.20. The van der Waals surface area contributed by atoms with E-state index in [1.54, 1.807) is 19.2 Å². The van der Waals surface area contributed by atoms with E-state index in [4.69, 9.17) is 10.5 Å². The Balaban J connectivity index is 3.06. The third-order valence-electron chi connectivity index (χ3n) is 2.48. The molecule has 16 heavy (non-hydrogen) atoms. The largest absolute Gasteiger partial charge is 0.316 e. The van der Waals surface area contributed by atoms with Gasteiger partial charge in [0, 0.05) is 12.1 Å². The number of hydrogen-bond acceptors (Lipinski definition) is 4. The molecule has 0 radical (unpaired) electrons. The highest BCUT2D eigenvalue weighted by Crippen LogP contribution is 2.19. The van der Waals surface area contributed by atoms with Crippen molar-refractivity contribution in [3.63, 3.8) is 0 Å². The van der Waals surface area contributed by atoms with Crippen molar-refractivity contribution in [2.75, 3.05) is 14.1 Å². The van der Waals surface area contributed by atoms with Gasteiger partial charge < -0.3 is 5.32 Å². The first kappa shape index (κ1) is 12.2. The molecule has 1 rings (SSSR count). The maximum Gasteiger partial charge on any atom is 0.219 e. The Bertz CT molecular complexity index is 408. The molecule has 0 fully saturated rings. The minimum absolute atomic E-state index is 0.667. The van der Waals surface area contributed by atoms with Crippen LogP contribution in [0, 0.1) is 22.7 Å². The molecule has 82 valence electrons. The van der Waals surface area contributed by atoms with E-state index in [2.05, 4.69) is 10.6 Å². The Morgan fingerprint density at radius 3 is 2.06 bits per heavy atom. The summed E-state index contributed by atoms with van der Waals surface area (Å²) in [5.74, 6) is 0. The van der Waals surface area contributed by atoms with Gasteiger partial charge in [-0.15, -0.1) is 0 Å². The molecular formula is C12H14N4. The van der Waals surface area contributed by atoms with E-state index in [-0.39, 0.29) is 0 Å². The molecule has 1 aromatic rings. The van der Waals surface area contributed by atoms with Gasteiger partial charge in [-0.25, -0.2) is 0 Å². The van der Waals surface area contributed by atoms with Crippen LogP contribution >= 0.6 is 0 Å². The molecule has 4 nitrogen and oxygen atoms in total. The second-order valence-corrected chi connectivity index (χ2v) is 3.45. The summed E-state index contributed by atoms with van der Waals surface area (Å²) >= 11 is 0. The smallest absolute Gasteiger partial charge is 0.219 e. The minimum atomic E-state index is -1.25. The van der Waals surface area contributed by atoms with Crippen LogP contribution in [0.4, 0.5) is 0 Å². The molecule has 0 unspecified atom stereocenters. The second-order valence-electron chi connectivity index (χ2n) is 3.45. The average molecular weight is 214 g/mol. The zero-order chi connectivity index (χ0) is 12.0. The van der Waals surface area contributed by atoms with Crippen molar-refractivity contribution >= 4 is 0 Å². The Morgan fingerprint density at radius 2 is 1.69 bits per heavy atom. The minimum Gasteiger partial charge on any atom is -0.316 e. The summed E-state index contributed by atoms with van der Waals surface area (Å²) in [6.45, 7) is 0.770. The van der Waals surface area contributed by atoms with Crippen molar-refractivity contribution in [2.24, 2.45) is 0 Å². The Kier molecular flexibility index (Phi) is 4.02. The Hall–Kier alpha value is -1.88. The molecule has 2 N–H and O–H groups in total. The fourth-order valence-corrected chi connectivity index (χ4v) is 1.49. The predicted octanol–water partition coefficient (Wildman–Crippen LogP) is 0.868. The quantitative estimate of drug-likeness (QED) is 0.780. The fourth-order valence-electron chi connectivity index (χ4n) is 1.49. The number of nitrogens with zero attached hydrogens (tertiary/aromatic N) is 2. The van der Waals surface area contributed by atoms with Gasteiger partial charge in [-0.1, -0.05) is 24.3 Å². The van der Waals surface area contributed by atoms with E-state index in [1.165, 1.54) is 0 Å². The van der Waals surface area contributed by atoms with Gasteiger partial charge in [-0.3, -0.25) is 5.32 Å². The standard InChI is InChI=1S/C12H14N4/c1-15-7-10-3-5-11(6-4-10)12(8-13,9-14)16-2/h3-6,15-16H,7H2,1-2H3. The summed E-state index contributed by atoms with van der Waals surface area (Å²) in [7, 11) is 3.48. The van der Waals surface area contributed by atoms with Gasteiger partial charge >= 0.3 is 0 Å². The Labute approximate surface area is 95.5 Å². The van der Waals surface area contributed by atoms with E-state index < -0.39 is 5.54 Å².